The Bertz CT molecular complexity index is 471. The number of nitrogens with zero attached hydrogens (tertiary/aromatic N) is 3. The van der Waals surface area contributed by atoms with Crippen LogP contribution < -0.4 is 5.32 Å². The highest BCUT2D eigenvalue weighted by Gasteiger charge is 2.12. The second-order valence-corrected chi connectivity index (χ2v) is 5.67. The van der Waals surface area contributed by atoms with E-state index in [4.69, 9.17) is 4.74 Å². The molecule has 2 unspecified atom stereocenters. The molecule has 0 aromatic carbocycles. The predicted octanol–water partition coefficient (Wildman–Crippen LogP) is 2.92. The van der Waals surface area contributed by atoms with E-state index in [9.17, 15) is 0 Å². The van der Waals surface area contributed by atoms with E-state index in [-0.39, 0.29) is 6.10 Å². The zero-order valence-corrected chi connectivity index (χ0v) is 12.2. The smallest absolute Gasteiger partial charge is 0.202 e. The summed E-state index contributed by atoms with van der Waals surface area (Å²) in [6.45, 7) is 4.89. The highest BCUT2D eigenvalue weighted by atomic mass is 32.1. The second-order valence-electron chi connectivity index (χ2n) is 3.99. The van der Waals surface area contributed by atoms with Crippen molar-refractivity contribution in [1.82, 2.24) is 14.3 Å². The molecule has 0 amide bonds. The van der Waals surface area contributed by atoms with Crippen molar-refractivity contribution in [2.24, 2.45) is 0 Å². The summed E-state index contributed by atoms with van der Waals surface area (Å²) in [5, 5.41) is 7.25. The van der Waals surface area contributed by atoms with Gasteiger partial charge in [-0.1, -0.05) is 6.92 Å². The van der Waals surface area contributed by atoms with Crippen LogP contribution >= 0.6 is 22.9 Å². The highest BCUT2D eigenvalue weighted by Crippen LogP contribution is 2.21. The lowest BCUT2D eigenvalue weighted by atomic mass is 10.2. The monoisotopic (exact) mass is 284 g/mol. The summed E-state index contributed by atoms with van der Waals surface area (Å²) in [5.74, 6) is 1.10. The van der Waals surface area contributed by atoms with Gasteiger partial charge in [-0.05, 0) is 6.92 Å². The number of ether oxygens (including phenoxy) is 1. The normalized spacial score (nSPS) is 14.4. The van der Waals surface area contributed by atoms with Gasteiger partial charge in [-0.25, -0.2) is 9.97 Å². The summed E-state index contributed by atoms with van der Waals surface area (Å²) >= 11 is 3.04. The molecule has 2 atom stereocenters. The molecular formula is C11H16N4OS2. The molecule has 2 rings (SSSR count). The molecule has 0 aliphatic carbocycles. The zero-order valence-electron chi connectivity index (χ0n) is 10.6. The molecule has 0 radical (unpaired) electrons. The van der Waals surface area contributed by atoms with Crippen LogP contribution in [0.5, 0.6) is 0 Å². The van der Waals surface area contributed by atoms with Crippen LogP contribution in [0.2, 0.25) is 0 Å². The van der Waals surface area contributed by atoms with Crippen LogP contribution in [0.15, 0.2) is 11.6 Å². The van der Waals surface area contributed by atoms with Crippen LogP contribution in [0.1, 0.15) is 36.7 Å². The Morgan fingerprint density at radius 3 is 2.94 bits per heavy atom. The molecule has 0 bridgehead atoms. The van der Waals surface area contributed by atoms with Crippen molar-refractivity contribution in [3.05, 3.63) is 22.4 Å². The van der Waals surface area contributed by atoms with Crippen LogP contribution in [0, 0.1) is 0 Å². The molecule has 0 aliphatic rings. The van der Waals surface area contributed by atoms with Crippen molar-refractivity contribution >= 4 is 28.0 Å². The molecule has 2 heterocycles. The number of aromatic nitrogens is 3. The summed E-state index contributed by atoms with van der Waals surface area (Å²) < 4.78 is 9.44. The Kier molecular flexibility index (Phi) is 4.62. The Morgan fingerprint density at radius 2 is 2.28 bits per heavy atom. The molecule has 98 valence electrons. The van der Waals surface area contributed by atoms with Crippen molar-refractivity contribution in [2.45, 2.75) is 25.9 Å². The van der Waals surface area contributed by atoms with Crippen LogP contribution in [0.25, 0.3) is 0 Å². The van der Waals surface area contributed by atoms with Gasteiger partial charge < -0.3 is 10.1 Å². The van der Waals surface area contributed by atoms with Crippen molar-refractivity contribution in [2.75, 3.05) is 19.0 Å². The standard InChI is InChI=1S/C11H16N4OS2/c1-7(10-12-4-5-17-10)6-13-11-14-9(15-18-11)8(2)16-3/h4-5,7-8H,6H2,1-3H3,(H,13,14,15). The van der Waals surface area contributed by atoms with Crippen LogP contribution in [-0.4, -0.2) is 28.0 Å². The minimum atomic E-state index is -0.0619. The van der Waals surface area contributed by atoms with Gasteiger partial charge in [-0.2, -0.15) is 4.37 Å². The van der Waals surface area contributed by atoms with E-state index >= 15 is 0 Å². The number of nitrogens with one attached hydrogen (secondary N) is 1. The fourth-order valence-electron chi connectivity index (χ4n) is 1.38. The van der Waals surface area contributed by atoms with E-state index in [1.807, 2.05) is 18.5 Å². The predicted molar refractivity (Wildman–Crippen MR) is 74.4 cm³/mol. The number of rotatable bonds is 6. The van der Waals surface area contributed by atoms with Crippen LogP contribution in [0.4, 0.5) is 5.13 Å². The zero-order chi connectivity index (χ0) is 13.0. The molecule has 18 heavy (non-hydrogen) atoms. The summed E-state index contributed by atoms with van der Waals surface area (Å²) in [4.78, 5) is 8.69. The average Bonchev–Trinajstić information content (AvgIpc) is 3.05. The number of anilines is 1. The fraction of sp³-hybridized carbons (Fsp3) is 0.545. The Labute approximate surface area is 114 Å². The number of hydrogen-bond acceptors (Lipinski definition) is 7. The van der Waals surface area contributed by atoms with E-state index in [0.29, 0.717) is 5.92 Å². The molecule has 0 spiro atoms. The van der Waals surface area contributed by atoms with E-state index in [1.165, 1.54) is 11.5 Å². The first-order valence-electron chi connectivity index (χ1n) is 5.70. The molecule has 2 aromatic rings. The van der Waals surface area contributed by atoms with Crippen molar-refractivity contribution in [3.8, 4) is 0 Å². The van der Waals surface area contributed by atoms with Gasteiger partial charge in [0.05, 0.1) is 5.01 Å². The first kappa shape index (κ1) is 13.4. The van der Waals surface area contributed by atoms with Gasteiger partial charge >= 0.3 is 0 Å². The van der Waals surface area contributed by atoms with Gasteiger partial charge in [0, 0.05) is 42.7 Å². The third-order valence-electron chi connectivity index (χ3n) is 2.59. The molecule has 0 fully saturated rings. The quantitative estimate of drug-likeness (QED) is 0.883. The maximum atomic E-state index is 5.18. The average molecular weight is 284 g/mol. The lowest BCUT2D eigenvalue weighted by Crippen LogP contribution is -2.09. The van der Waals surface area contributed by atoms with Gasteiger partial charge in [0.25, 0.3) is 0 Å². The van der Waals surface area contributed by atoms with Gasteiger partial charge in [-0.15, -0.1) is 11.3 Å². The number of hydrogen-bond donors (Lipinski definition) is 1. The molecule has 5 nitrogen and oxygen atoms in total. The number of methoxy groups -OCH3 is 1. The summed E-state index contributed by atoms with van der Waals surface area (Å²) in [7, 11) is 1.66. The summed E-state index contributed by atoms with van der Waals surface area (Å²) in [5.41, 5.74) is 0. The Balaban J connectivity index is 1.88. The largest absolute Gasteiger partial charge is 0.374 e. The molecule has 7 heteroatoms. The lowest BCUT2D eigenvalue weighted by molar-refractivity contribution is 0.113. The molecule has 2 aromatic heterocycles. The van der Waals surface area contributed by atoms with Crippen LogP contribution in [-0.2, 0) is 4.74 Å². The Morgan fingerprint density at radius 1 is 1.44 bits per heavy atom. The fourth-order valence-corrected chi connectivity index (χ4v) is 2.73. The molecule has 0 saturated carbocycles. The third kappa shape index (κ3) is 3.24. The minimum absolute atomic E-state index is 0.0619. The molecular weight excluding hydrogens is 268 g/mol. The first-order valence-corrected chi connectivity index (χ1v) is 7.35. The van der Waals surface area contributed by atoms with E-state index in [0.717, 1.165) is 22.5 Å². The van der Waals surface area contributed by atoms with Crippen LogP contribution in [0.3, 0.4) is 0 Å². The van der Waals surface area contributed by atoms with Crippen molar-refractivity contribution < 1.29 is 4.74 Å². The lowest BCUT2D eigenvalue weighted by Gasteiger charge is -2.08. The van der Waals surface area contributed by atoms with E-state index in [1.54, 1.807) is 18.4 Å². The SMILES string of the molecule is COC(C)c1nsc(NCC(C)c2nccs2)n1. The van der Waals surface area contributed by atoms with E-state index in [2.05, 4.69) is 26.6 Å². The van der Waals surface area contributed by atoms with Gasteiger partial charge in [0.1, 0.15) is 6.10 Å². The highest BCUT2D eigenvalue weighted by molar-refractivity contribution is 7.10. The third-order valence-corrected chi connectivity index (χ3v) is 4.29. The first-order chi connectivity index (χ1) is 8.70. The maximum absolute atomic E-state index is 5.18. The van der Waals surface area contributed by atoms with Crippen molar-refractivity contribution in [3.63, 3.8) is 0 Å². The molecule has 1 N–H and O–H groups in total. The molecule has 0 saturated heterocycles. The molecule has 0 aliphatic heterocycles. The van der Waals surface area contributed by atoms with Crippen molar-refractivity contribution in [1.29, 1.82) is 0 Å². The summed E-state index contributed by atoms with van der Waals surface area (Å²) in [6, 6.07) is 0. The number of thiazole rings is 1. The second kappa shape index (κ2) is 6.21. The van der Waals surface area contributed by atoms with Gasteiger partial charge in [0.2, 0.25) is 5.13 Å². The van der Waals surface area contributed by atoms with E-state index < -0.39 is 0 Å². The Hall–Kier alpha value is -1.05. The van der Waals surface area contributed by atoms with Gasteiger partial charge in [0.15, 0.2) is 5.82 Å². The minimum Gasteiger partial charge on any atom is -0.374 e. The maximum Gasteiger partial charge on any atom is 0.202 e. The topological polar surface area (TPSA) is 59.9 Å². The summed E-state index contributed by atoms with van der Waals surface area (Å²) in [6.07, 6.45) is 1.77. The van der Waals surface area contributed by atoms with Gasteiger partial charge in [-0.3, -0.25) is 0 Å².